The zero-order chi connectivity index (χ0) is 44.4. The van der Waals surface area contributed by atoms with Gasteiger partial charge in [0, 0.05) is 19.3 Å². The molecule has 6 heteroatoms. The number of unbranched alkanes of at least 4 members (excludes halogenated alkanes) is 19. The number of esters is 3. The molecule has 0 rings (SSSR count). The summed E-state index contributed by atoms with van der Waals surface area (Å²) in [6.07, 6.45) is 64.8. The second-order valence-electron chi connectivity index (χ2n) is 15.8. The Morgan fingerprint density at radius 3 is 0.902 bits per heavy atom. The molecule has 0 aliphatic rings. The van der Waals surface area contributed by atoms with Gasteiger partial charge in [-0.3, -0.25) is 14.4 Å². The second-order valence-corrected chi connectivity index (χ2v) is 15.8. The predicted octanol–water partition coefficient (Wildman–Crippen LogP) is 16.0. The minimum atomic E-state index is -0.812. The van der Waals surface area contributed by atoms with E-state index in [1.165, 1.54) is 38.5 Å². The van der Waals surface area contributed by atoms with E-state index < -0.39 is 6.10 Å². The molecule has 6 nitrogen and oxygen atoms in total. The van der Waals surface area contributed by atoms with Gasteiger partial charge in [-0.1, -0.05) is 214 Å². The van der Waals surface area contributed by atoms with E-state index >= 15 is 0 Å². The van der Waals surface area contributed by atoms with Crippen molar-refractivity contribution in [2.75, 3.05) is 13.2 Å². The van der Waals surface area contributed by atoms with Crippen molar-refractivity contribution >= 4 is 17.9 Å². The molecule has 0 radical (unpaired) electrons. The van der Waals surface area contributed by atoms with Crippen LogP contribution in [0.15, 0.2) is 109 Å². The highest BCUT2D eigenvalue weighted by atomic mass is 16.6. The Morgan fingerprint density at radius 1 is 0.328 bits per heavy atom. The summed E-state index contributed by atoms with van der Waals surface area (Å²) in [5, 5.41) is 0. The molecule has 0 aliphatic carbocycles. The SMILES string of the molecule is CCCC/C=C/C=C/C=C\CCCCCCCC(=O)OC(COC(=O)CCCCCC\C=C/C=C/C=C/CCCC)COC(=O)CCCCCC\C=C/C=C/C=C/CCCC. The molecule has 0 saturated carbocycles. The zero-order valence-electron chi connectivity index (χ0n) is 39.1. The van der Waals surface area contributed by atoms with Crippen molar-refractivity contribution in [3.8, 4) is 0 Å². The molecule has 0 heterocycles. The Kier molecular flexibility index (Phi) is 45.6. The summed E-state index contributed by atoms with van der Waals surface area (Å²) in [4.78, 5) is 37.9. The molecule has 0 spiro atoms. The van der Waals surface area contributed by atoms with Gasteiger partial charge in [-0.15, -0.1) is 0 Å². The van der Waals surface area contributed by atoms with Crippen LogP contribution in [0.3, 0.4) is 0 Å². The molecule has 0 fully saturated rings. The van der Waals surface area contributed by atoms with Gasteiger partial charge < -0.3 is 14.2 Å². The first-order valence-electron chi connectivity index (χ1n) is 24.5. The van der Waals surface area contributed by atoms with Crippen molar-refractivity contribution in [2.45, 2.75) is 207 Å². The summed E-state index contributed by atoms with van der Waals surface area (Å²) in [5.74, 6) is -0.990. The fourth-order valence-electron chi connectivity index (χ4n) is 6.11. The van der Waals surface area contributed by atoms with Gasteiger partial charge in [0.1, 0.15) is 13.2 Å². The Labute approximate surface area is 374 Å². The van der Waals surface area contributed by atoms with Crippen LogP contribution in [-0.4, -0.2) is 37.2 Å². The van der Waals surface area contributed by atoms with E-state index in [-0.39, 0.29) is 37.5 Å². The average Bonchev–Trinajstić information content (AvgIpc) is 3.26. The summed E-state index contributed by atoms with van der Waals surface area (Å²) in [5.41, 5.74) is 0. The molecule has 0 aromatic heterocycles. The van der Waals surface area contributed by atoms with Crippen LogP contribution in [0.5, 0.6) is 0 Å². The Hall–Kier alpha value is -3.93. The van der Waals surface area contributed by atoms with Crippen LogP contribution in [0.4, 0.5) is 0 Å². The first-order valence-corrected chi connectivity index (χ1v) is 24.5. The van der Waals surface area contributed by atoms with Crippen LogP contribution in [0.1, 0.15) is 201 Å². The van der Waals surface area contributed by atoms with E-state index in [0.29, 0.717) is 12.8 Å². The second kappa shape index (κ2) is 48.7. The maximum Gasteiger partial charge on any atom is 0.306 e. The fraction of sp³-hybridized carbons (Fsp3) is 0.618. The highest BCUT2D eigenvalue weighted by Crippen LogP contribution is 2.12. The third-order valence-electron chi connectivity index (χ3n) is 9.90. The molecule has 0 N–H and O–H groups in total. The number of hydrogen-bond donors (Lipinski definition) is 0. The van der Waals surface area contributed by atoms with Gasteiger partial charge >= 0.3 is 17.9 Å². The van der Waals surface area contributed by atoms with Gasteiger partial charge in [0.05, 0.1) is 0 Å². The monoisotopic (exact) mass is 845 g/mol. The highest BCUT2D eigenvalue weighted by Gasteiger charge is 2.19. The minimum Gasteiger partial charge on any atom is -0.462 e. The van der Waals surface area contributed by atoms with Crippen molar-refractivity contribution in [1.29, 1.82) is 0 Å². The maximum absolute atomic E-state index is 12.8. The van der Waals surface area contributed by atoms with E-state index in [1.807, 2.05) is 0 Å². The summed E-state index contributed by atoms with van der Waals surface area (Å²) in [6.45, 7) is 6.39. The molecule has 344 valence electrons. The molecule has 0 saturated heterocycles. The van der Waals surface area contributed by atoms with Gasteiger partial charge in [0.15, 0.2) is 6.10 Å². The lowest BCUT2D eigenvalue weighted by atomic mass is 10.1. The van der Waals surface area contributed by atoms with Crippen molar-refractivity contribution in [2.24, 2.45) is 0 Å². The zero-order valence-corrected chi connectivity index (χ0v) is 39.1. The highest BCUT2D eigenvalue weighted by molar-refractivity contribution is 5.71. The summed E-state index contributed by atoms with van der Waals surface area (Å²) >= 11 is 0. The topological polar surface area (TPSA) is 78.9 Å². The smallest absolute Gasteiger partial charge is 0.306 e. The fourth-order valence-corrected chi connectivity index (χ4v) is 6.11. The predicted molar refractivity (Wildman–Crippen MR) is 260 cm³/mol. The van der Waals surface area contributed by atoms with Crippen LogP contribution in [0, 0.1) is 0 Å². The van der Waals surface area contributed by atoms with E-state index in [0.717, 1.165) is 122 Å². The van der Waals surface area contributed by atoms with E-state index in [4.69, 9.17) is 14.2 Å². The van der Waals surface area contributed by atoms with E-state index in [2.05, 4.69) is 130 Å². The number of hydrogen-bond acceptors (Lipinski definition) is 6. The first-order chi connectivity index (χ1) is 30.0. The van der Waals surface area contributed by atoms with E-state index in [9.17, 15) is 14.4 Å². The van der Waals surface area contributed by atoms with E-state index in [1.54, 1.807) is 0 Å². The minimum absolute atomic E-state index is 0.111. The molecule has 0 aromatic carbocycles. The Morgan fingerprint density at radius 2 is 0.590 bits per heavy atom. The molecule has 0 aliphatic heterocycles. The maximum atomic E-state index is 12.8. The van der Waals surface area contributed by atoms with Gasteiger partial charge in [0.25, 0.3) is 0 Å². The average molecular weight is 845 g/mol. The normalized spacial score (nSPS) is 12.6. The van der Waals surface area contributed by atoms with Crippen LogP contribution < -0.4 is 0 Å². The third kappa shape index (κ3) is 47.0. The molecular weight excluding hydrogens is 757 g/mol. The molecule has 0 amide bonds. The van der Waals surface area contributed by atoms with Crippen LogP contribution in [-0.2, 0) is 28.6 Å². The van der Waals surface area contributed by atoms with Crippen LogP contribution >= 0.6 is 0 Å². The van der Waals surface area contributed by atoms with Crippen molar-refractivity contribution in [3.05, 3.63) is 109 Å². The lowest BCUT2D eigenvalue weighted by Crippen LogP contribution is -2.30. The Bertz CT molecular complexity index is 1230. The lowest BCUT2D eigenvalue weighted by molar-refractivity contribution is -0.167. The van der Waals surface area contributed by atoms with Crippen LogP contribution in [0.25, 0.3) is 0 Å². The number of carbonyl (C=O) groups excluding carboxylic acids is 3. The van der Waals surface area contributed by atoms with Gasteiger partial charge in [0.2, 0.25) is 0 Å². The molecule has 0 atom stereocenters. The summed E-state index contributed by atoms with van der Waals surface area (Å²) < 4.78 is 16.7. The molecule has 61 heavy (non-hydrogen) atoms. The quantitative estimate of drug-likeness (QED) is 0.0264. The number of allylic oxidation sites excluding steroid dienone is 18. The number of ether oxygens (including phenoxy) is 3. The molecule has 0 bridgehead atoms. The van der Waals surface area contributed by atoms with Gasteiger partial charge in [-0.2, -0.15) is 0 Å². The largest absolute Gasteiger partial charge is 0.462 e. The molecule has 0 aromatic rings. The van der Waals surface area contributed by atoms with Crippen molar-refractivity contribution < 1.29 is 28.6 Å². The number of rotatable bonds is 42. The molecular formula is C55H88O6. The van der Waals surface area contributed by atoms with Crippen molar-refractivity contribution in [3.63, 3.8) is 0 Å². The summed E-state index contributed by atoms with van der Waals surface area (Å²) in [7, 11) is 0. The van der Waals surface area contributed by atoms with Gasteiger partial charge in [-0.25, -0.2) is 0 Å². The standard InChI is InChI=1S/C55H88O6/c1-4-7-10-13-16-19-22-25-28-31-34-37-40-43-46-49-55(58)61-52(50-59-53(56)47-44-41-38-35-32-29-26-23-20-17-14-11-8-5-2)51-60-54(57)48-45-42-39-36-33-30-27-24-21-18-15-12-9-6-3/h13-30,52H,4-12,31-51H2,1-3H3/b16-13+,17-14+,18-15+,22-19+,23-20+,24-21+,28-25-,29-26-,30-27-. The first kappa shape index (κ1) is 57.1. The lowest BCUT2D eigenvalue weighted by Gasteiger charge is -2.18. The van der Waals surface area contributed by atoms with Crippen LogP contribution in [0.2, 0.25) is 0 Å². The number of carbonyl (C=O) groups is 3. The van der Waals surface area contributed by atoms with Crippen molar-refractivity contribution in [1.82, 2.24) is 0 Å². The Balaban J connectivity index is 4.55. The summed E-state index contributed by atoms with van der Waals surface area (Å²) in [6, 6.07) is 0. The third-order valence-corrected chi connectivity index (χ3v) is 9.90. The van der Waals surface area contributed by atoms with Gasteiger partial charge in [-0.05, 0) is 77.0 Å². The molecule has 0 unspecified atom stereocenters.